The van der Waals surface area contributed by atoms with Crippen molar-refractivity contribution < 1.29 is 28.8 Å². The number of carbonyl (C=O) groups excluding carboxylic acids is 3. The maximum Gasteiger partial charge on any atom is 0.340 e. The molecule has 29 heavy (non-hydrogen) atoms. The van der Waals surface area contributed by atoms with Crippen LogP contribution < -0.4 is 15.0 Å². The number of carbonyl (C=O) groups is 3. The standard InChI is InChI=1S/C21H27N3O5/c1-6-29-21(27)16-13(2)23-18(19(25)20(26)22-11-12-24(3)4)17(16)14-7-9-15(28-5)10-8-14/h7-10,23H,6,11-12H2,1-5H3,(H,22,26)/p+1. The highest BCUT2D eigenvalue weighted by atomic mass is 16.5. The van der Waals surface area contributed by atoms with E-state index in [1.807, 2.05) is 14.1 Å². The smallest absolute Gasteiger partial charge is 0.340 e. The zero-order chi connectivity index (χ0) is 21.6. The van der Waals surface area contributed by atoms with Gasteiger partial charge in [0.25, 0.3) is 11.7 Å². The summed E-state index contributed by atoms with van der Waals surface area (Å²) in [4.78, 5) is 41.9. The zero-order valence-corrected chi connectivity index (χ0v) is 17.5. The van der Waals surface area contributed by atoms with Crippen LogP contribution in [0.1, 0.15) is 33.5 Å². The summed E-state index contributed by atoms with van der Waals surface area (Å²) in [5, 5.41) is 2.63. The lowest BCUT2D eigenvalue weighted by Gasteiger charge is -2.10. The van der Waals surface area contributed by atoms with Crippen molar-refractivity contribution in [1.29, 1.82) is 0 Å². The third kappa shape index (κ3) is 5.23. The van der Waals surface area contributed by atoms with E-state index in [4.69, 9.17) is 9.47 Å². The number of aromatic nitrogens is 1. The van der Waals surface area contributed by atoms with Crippen molar-refractivity contribution in [2.75, 3.05) is 40.9 Å². The second-order valence-electron chi connectivity index (χ2n) is 6.87. The first-order valence-corrected chi connectivity index (χ1v) is 9.45. The van der Waals surface area contributed by atoms with Crippen molar-refractivity contribution in [3.63, 3.8) is 0 Å². The van der Waals surface area contributed by atoms with Crippen LogP contribution in [0.5, 0.6) is 5.75 Å². The van der Waals surface area contributed by atoms with Crippen molar-refractivity contribution in [3.05, 3.63) is 41.2 Å². The van der Waals surface area contributed by atoms with Crippen LogP contribution in [0.15, 0.2) is 24.3 Å². The molecule has 0 saturated carbocycles. The van der Waals surface area contributed by atoms with Crippen LogP contribution in [-0.2, 0) is 9.53 Å². The summed E-state index contributed by atoms with van der Waals surface area (Å²) in [7, 11) is 5.46. The number of hydrogen-bond donors (Lipinski definition) is 3. The fourth-order valence-corrected chi connectivity index (χ4v) is 2.92. The maximum absolute atomic E-state index is 12.9. The number of ketones is 1. The summed E-state index contributed by atoms with van der Waals surface area (Å²) in [6.07, 6.45) is 0. The molecule has 0 aliphatic carbocycles. The molecule has 0 aliphatic rings. The van der Waals surface area contributed by atoms with Gasteiger partial charge in [-0.1, -0.05) is 12.1 Å². The van der Waals surface area contributed by atoms with E-state index in [1.165, 1.54) is 0 Å². The Kier molecular flexibility index (Phi) is 7.55. The largest absolute Gasteiger partial charge is 0.497 e. The molecular weight excluding hydrogens is 374 g/mol. The predicted octanol–water partition coefficient (Wildman–Crippen LogP) is 0.619. The first-order valence-electron chi connectivity index (χ1n) is 9.45. The summed E-state index contributed by atoms with van der Waals surface area (Å²) in [6.45, 7) is 4.63. The van der Waals surface area contributed by atoms with Crippen molar-refractivity contribution in [2.24, 2.45) is 0 Å². The van der Waals surface area contributed by atoms with Gasteiger partial charge in [-0.25, -0.2) is 4.79 Å². The van der Waals surface area contributed by atoms with E-state index in [2.05, 4.69) is 10.3 Å². The van der Waals surface area contributed by atoms with Gasteiger partial charge in [0.2, 0.25) is 0 Å². The van der Waals surface area contributed by atoms with Crippen LogP contribution in [0, 0.1) is 6.92 Å². The van der Waals surface area contributed by atoms with Gasteiger partial charge in [-0.05, 0) is 31.5 Å². The summed E-state index contributed by atoms with van der Waals surface area (Å²) in [5.41, 5.74) is 1.72. The lowest BCUT2D eigenvalue weighted by molar-refractivity contribution is -0.856. The van der Waals surface area contributed by atoms with Crippen LogP contribution in [0.25, 0.3) is 11.1 Å². The minimum atomic E-state index is -0.733. The van der Waals surface area contributed by atoms with E-state index >= 15 is 0 Å². The van der Waals surface area contributed by atoms with Crippen LogP contribution in [0.4, 0.5) is 0 Å². The number of methoxy groups -OCH3 is 1. The number of aryl methyl sites for hydroxylation is 1. The third-order valence-electron chi connectivity index (χ3n) is 4.39. The molecule has 2 aromatic rings. The molecule has 0 radical (unpaired) electrons. The number of rotatable bonds is 9. The van der Waals surface area contributed by atoms with Gasteiger partial charge in [-0.3, -0.25) is 9.59 Å². The number of ether oxygens (including phenoxy) is 2. The average molecular weight is 402 g/mol. The van der Waals surface area contributed by atoms with Gasteiger partial charge in [-0.15, -0.1) is 0 Å². The van der Waals surface area contributed by atoms with E-state index in [0.717, 1.165) is 4.90 Å². The molecule has 1 aromatic heterocycles. The SMILES string of the molecule is CCOC(=O)c1c(C)[nH]c(C(=O)C(=O)NCC[NH+](C)C)c1-c1ccc(OC)cc1. The molecule has 0 unspecified atom stereocenters. The van der Waals surface area contributed by atoms with Crippen molar-refractivity contribution in [3.8, 4) is 16.9 Å². The minimum absolute atomic E-state index is 0.0606. The van der Waals surface area contributed by atoms with Gasteiger partial charge >= 0.3 is 5.97 Å². The summed E-state index contributed by atoms with van der Waals surface area (Å²) < 4.78 is 10.3. The van der Waals surface area contributed by atoms with Gasteiger partial charge in [0.05, 0.1) is 46.5 Å². The van der Waals surface area contributed by atoms with Gasteiger partial charge in [0, 0.05) is 11.3 Å². The Morgan fingerprint density at radius 2 is 1.79 bits per heavy atom. The number of esters is 1. The second kappa shape index (κ2) is 9.88. The molecule has 0 bridgehead atoms. The number of amides is 1. The number of aromatic amines is 1. The number of benzene rings is 1. The highest BCUT2D eigenvalue weighted by Crippen LogP contribution is 2.32. The molecule has 1 amide bonds. The molecule has 0 saturated heterocycles. The summed E-state index contributed by atoms with van der Waals surface area (Å²) >= 11 is 0. The predicted molar refractivity (Wildman–Crippen MR) is 108 cm³/mol. The first-order chi connectivity index (χ1) is 13.8. The van der Waals surface area contributed by atoms with Gasteiger partial charge in [0.1, 0.15) is 11.4 Å². The van der Waals surface area contributed by atoms with E-state index in [-0.39, 0.29) is 17.9 Å². The quantitative estimate of drug-likeness (QED) is 0.324. The molecule has 3 N–H and O–H groups in total. The number of quaternary nitrogens is 1. The number of hydrogen-bond acceptors (Lipinski definition) is 5. The van der Waals surface area contributed by atoms with E-state index in [0.29, 0.717) is 35.7 Å². The van der Waals surface area contributed by atoms with Crippen molar-refractivity contribution >= 4 is 17.7 Å². The molecule has 0 fully saturated rings. The highest BCUT2D eigenvalue weighted by molar-refractivity contribution is 6.43. The van der Waals surface area contributed by atoms with Crippen molar-refractivity contribution in [2.45, 2.75) is 13.8 Å². The van der Waals surface area contributed by atoms with Crippen LogP contribution in [0.2, 0.25) is 0 Å². The highest BCUT2D eigenvalue weighted by Gasteiger charge is 2.29. The van der Waals surface area contributed by atoms with E-state index in [9.17, 15) is 14.4 Å². The third-order valence-corrected chi connectivity index (χ3v) is 4.39. The Morgan fingerprint density at radius 3 is 2.34 bits per heavy atom. The molecule has 8 heteroatoms. The summed E-state index contributed by atoms with van der Waals surface area (Å²) in [5.74, 6) is -1.38. The van der Waals surface area contributed by atoms with Gasteiger partial charge in [0.15, 0.2) is 0 Å². The Hall–Kier alpha value is -3.13. The second-order valence-corrected chi connectivity index (χ2v) is 6.87. The fourth-order valence-electron chi connectivity index (χ4n) is 2.92. The zero-order valence-electron chi connectivity index (χ0n) is 17.5. The maximum atomic E-state index is 12.9. The fraction of sp³-hybridized carbons (Fsp3) is 0.381. The number of likely N-dealkylation sites (N-methyl/N-ethyl adjacent to an activating group) is 1. The molecule has 1 heterocycles. The topological polar surface area (TPSA) is 102 Å². The normalized spacial score (nSPS) is 10.7. The minimum Gasteiger partial charge on any atom is -0.497 e. The Morgan fingerprint density at radius 1 is 1.14 bits per heavy atom. The number of Topliss-reactive ketones (excluding diaryl/α,β-unsaturated/α-hetero) is 1. The lowest BCUT2D eigenvalue weighted by Crippen LogP contribution is -3.06. The summed E-state index contributed by atoms with van der Waals surface area (Å²) in [6, 6.07) is 6.91. The monoisotopic (exact) mass is 402 g/mol. The average Bonchev–Trinajstić information content (AvgIpc) is 3.04. The van der Waals surface area contributed by atoms with Crippen LogP contribution in [-0.4, -0.2) is 63.5 Å². The van der Waals surface area contributed by atoms with Crippen LogP contribution in [0.3, 0.4) is 0 Å². The van der Waals surface area contributed by atoms with Crippen molar-refractivity contribution in [1.82, 2.24) is 10.3 Å². The Labute approximate surface area is 170 Å². The molecule has 8 nitrogen and oxygen atoms in total. The Bertz CT molecular complexity index is 884. The number of nitrogens with one attached hydrogen (secondary N) is 3. The molecule has 0 spiro atoms. The van der Waals surface area contributed by atoms with E-state index < -0.39 is 17.7 Å². The molecule has 156 valence electrons. The Balaban J connectivity index is 2.48. The molecule has 0 aliphatic heterocycles. The molecular formula is C21H28N3O5+. The number of H-pyrrole nitrogens is 1. The van der Waals surface area contributed by atoms with Gasteiger partial charge < -0.3 is 24.7 Å². The van der Waals surface area contributed by atoms with E-state index in [1.54, 1.807) is 45.2 Å². The molecule has 0 atom stereocenters. The lowest BCUT2D eigenvalue weighted by atomic mass is 9.98. The molecule has 1 aromatic carbocycles. The van der Waals surface area contributed by atoms with Crippen LogP contribution >= 0.6 is 0 Å². The van der Waals surface area contributed by atoms with Gasteiger partial charge in [-0.2, -0.15) is 0 Å². The molecule has 2 rings (SSSR count). The first kappa shape index (κ1) is 22.2.